The van der Waals surface area contributed by atoms with Crippen molar-refractivity contribution in [3.63, 3.8) is 0 Å². The summed E-state index contributed by atoms with van der Waals surface area (Å²) in [7, 11) is 0. The topological polar surface area (TPSA) is 70.7 Å². The fourth-order valence-electron chi connectivity index (χ4n) is 2.36. The molecular weight excluding hydrogens is 294 g/mol. The van der Waals surface area contributed by atoms with E-state index in [2.05, 4.69) is 22.5 Å². The third-order valence-corrected chi connectivity index (χ3v) is 3.68. The molecular formula is C17H25N3O3. The Hall–Kier alpha value is -1.92. The minimum atomic E-state index is -0.0355. The van der Waals surface area contributed by atoms with E-state index >= 15 is 0 Å². The van der Waals surface area contributed by atoms with Gasteiger partial charge in [-0.1, -0.05) is 13.3 Å². The third kappa shape index (κ3) is 6.38. The normalized spacial score (nSPS) is 15.2. The van der Waals surface area contributed by atoms with Crippen molar-refractivity contribution < 1.29 is 14.3 Å². The quantitative estimate of drug-likeness (QED) is 0.807. The Labute approximate surface area is 137 Å². The van der Waals surface area contributed by atoms with Gasteiger partial charge in [0.05, 0.1) is 19.8 Å². The molecule has 1 aliphatic heterocycles. The highest BCUT2D eigenvalue weighted by molar-refractivity contribution is 5.93. The van der Waals surface area contributed by atoms with Crippen molar-refractivity contribution in [2.24, 2.45) is 0 Å². The van der Waals surface area contributed by atoms with Crippen LogP contribution < -0.4 is 10.6 Å². The maximum atomic E-state index is 12.0. The number of ether oxygens (including phenoxy) is 1. The van der Waals surface area contributed by atoms with Crippen molar-refractivity contribution in [2.45, 2.75) is 26.2 Å². The minimum absolute atomic E-state index is 0.0240. The average Bonchev–Trinajstić information content (AvgIpc) is 2.55. The smallest absolute Gasteiger partial charge is 0.238 e. The first-order chi connectivity index (χ1) is 11.2. The van der Waals surface area contributed by atoms with Gasteiger partial charge in [0.2, 0.25) is 11.8 Å². The van der Waals surface area contributed by atoms with Gasteiger partial charge in [-0.15, -0.1) is 0 Å². The van der Waals surface area contributed by atoms with Gasteiger partial charge < -0.3 is 15.4 Å². The number of carbonyl (C=O) groups excluding carboxylic acids is 2. The van der Waals surface area contributed by atoms with Gasteiger partial charge in [-0.3, -0.25) is 14.5 Å². The Balaban J connectivity index is 1.77. The number of morpholine rings is 1. The van der Waals surface area contributed by atoms with Crippen LogP contribution in [-0.4, -0.2) is 49.6 Å². The molecule has 2 amide bonds. The summed E-state index contributed by atoms with van der Waals surface area (Å²) in [6.45, 7) is 5.37. The van der Waals surface area contributed by atoms with Crippen molar-refractivity contribution >= 4 is 23.2 Å². The van der Waals surface area contributed by atoms with E-state index in [0.717, 1.165) is 37.3 Å². The van der Waals surface area contributed by atoms with E-state index < -0.39 is 0 Å². The maximum Gasteiger partial charge on any atom is 0.238 e. The molecule has 6 heteroatoms. The molecule has 2 rings (SSSR count). The molecule has 1 aromatic rings. The Kier molecular flexibility index (Phi) is 7.03. The third-order valence-electron chi connectivity index (χ3n) is 3.68. The van der Waals surface area contributed by atoms with Crippen molar-refractivity contribution in [3.8, 4) is 0 Å². The zero-order valence-corrected chi connectivity index (χ0v) is 13.6. The number of nitrogens with zero attached hydrogens (tertiary/aromatic N) is 1. The molecule has 1 aliphatic rings. The summed E-state index contributed by atoms with van der Waals surface area (Å²) >= 11 is 0. The highest BCUT2D eigenvalue weighted by Crippen LogP contribution is 2.14. The van der Waals surface area contributed by atoms with Crippen LogP contribution in [0, 0.1) is 0 Å². The van der Waals surface area contributed by atoms with Gasteiger partial charge >= 0.3 is 0 Å². The van der Waals surface area contributed by atoms with Crippen molar-refractivity contribution in [1.82, 2.24) is 4.90 Å². The number of amides is 2. The Bertz CT molecular complexity index is 510. The van der Waals surface area contributed by atoms with E-state index in [-0.39, 0.29) is 11.8 Å². The zero-order chi connectivity index (χ0) is 16.5. The molecule has 0 radical (unpaired) electrons. The van der Waals surface area contributed by atoms with E-state index in [4.69, 9.17) is 4.74 Å². The van der Waals surface area contributed by atoms with Gasteiger partial charge in [-0.25, -0.2) is 0 Å². The second kappa shape index (κ2) is 9.27. The first kappa shape index (κ1) is 17.4. The molecule has 2 N–H and O–H groups in total. The standard InChI is InChI=1S/C17H25N3O3/c1-2-3-4-16(21)18-14-5-7-15(8-6-14)19-17(22)13-20-9-11-23-12-10-20/h5-8H,2-4,9-13H2,1H3,(H,18,21)(H,19,22). The highest BCUT2D eigenvalue weighted by atomic mass is 16.5. The van der Waals surface area contributed by atoms with Crippen LogP contribution in [0.2, 0.25) is 0 Å². The molecule has 0 spiro atoms. The predicted octanol–water partition coefficient (Wildman–Crippen LogP) is 2.09. The molecule has 0 aliphatic carbocycles. The number of hydrogen-bond donors (Lipinski definition) is 2. The lowest BCUT2D eigenvalue weighted by atomic mass is 10.2. The van der Waals surface area contributed by atoms with Crippen LogP contribution in [0.4, 0.5) is 11.4 Å². The maximum absolute atomic E-state index is 12.0. The SMILES string of the molecule is CCCCC(=O)Nc1ccc(NC(=O)CN2CCOCC2)cc1. The number of unbranched alkanes of at least 4 members (excludes halogenated alkanes) is 1. The van der Waals surface area contributed by atoms with Crippen LogP contribution >= 0.6 is 0 Å². The molecule has 23 heavy (non-hydrogen) atoms. The molecule has 0 atom stereocenters. The Morgan fingerprint density at radius 2 is 1.61 bits per heavy atom. The summed E-state index contributed by atoms with van der Waals surface area (Å²) in [5.74, 6) is -0.0115. The summed E-state index contributed by atoms with van der Waals surface area (Å²) < 4.78 is 5.26. The summed E-state index contributed by atoms with van der Waals surface area (Å²) in [5, 5.41) is 5.72. The number of benzene rings is 1. The fraction of sp³-hybridized carbons (Fsp3) is 0.529. The highest BCUT2D eigenvalue weighted by Gasteiger charge is 2.14. The van der Waals surface area contributed by atoms with Crippen LogP contribution in [0.1, 0.15) is 26.2 Å². The minimum Gasteiger partial charge on any atom is -0.379 e. The van der Waals surface area contributed by atoms with Crippen LogP contribution in [0.15, 0.2) is 24.3 Å². The molecule has 1 fully saturated rings. The second-order valence-corrected chi connectivity index (χ2v) is 5.67. The van der Waals surface area contributed by atoms with E-state index in [1.807, 2.05) is 0 Å². The molecule has 1 heterocycles. The lowest BCUT2D eigenvalue weighted by Gasteiger charge is -2.25. The van der Waals surface area contributed by atoms with Crippen molar-refractivity contribution in [3.05, 3.63) is 24.3 Å². The molecule has 126 valence electrons. The van der Waals surface area contributed by atoms with Crippen LogP contribution in [-0.2, 0) is 14.3 Å². The predicted molar refractivity (Wildman–Crippen MR) is 90.5 cm³/mol. The van der Waals surface area contributed by atoms with E-state index in [1.165, 1.54) is 0 Å². The Morgan fingerprint density at radius 1 is 1.04 bits per heavy atom. The summed E-state index contributed by atoms with van der Waals surface area (Å²) in [6, 6.07) is 7.20. The van der Waals surface area contributed by atoms with Gasteiger partial charge in [-0.05, 0) is 30.7 Å². The number of anilines is 2. The molecule has 6 nitrogen and oxygen atoms in total. The van der Waals surface area contributed by atoms with Crippen LogP contribution in [0.25, 0.3) is 0 Å². The number of rotatable bonds is 7. The molecule has 0 bridgehead atoms. The van der Waals surface area contributed by atoms with E-state index in [0.29, 0.717) is 26.2 Å². The lowest BCUT2D eigenvalue weighted by Crippen LogP contribution is -2.41. The van der Waals surface area contributed by atoms with E-state index in [9.17, 15) is 9.59 Å². The van der Waals surface area contributed by atoms with E-state index in [1.54, 1.807) is 24.3 Å². The number of carbonyl (C=O) groups is 2. The lowest BCUT2D eigenvalue weighted by molar-refractivity contribution is -0.118. The number of hydrogen-bond acceptors (Lipinski definition) is 4. The molecule has 1 saturated heterocycles. The summed E-state index contributed by atoms with van der Waals surface area (Å²) in [5.41, 5.74) is 1.48. The molecule has 0 saturated carbocycles. The second-order valence-electron chi connectivity index (χ2n) is 5.67. The molecule has 0 aromatic heterocycles. The first-order valence-electron chi connectivity index (χ1n) is 8.17. The van der Waals surface area contributed by atoms with Gasteiger partial charge in [0.25, 0.3) is 0 Å². The molecule has 0 unspecified atom stereocenters. The largest absolute Gasteiger partial charge is 0.379 e. The van der Waals surface area contributed by atoms with Crippen LogP contribution in [0.5, 0.6) is 0 Å². The van der Waals surface area contributed by atoms with Crippen LogP contribution in [0.3, 0.4) is 0 Å². The van der Waals surface area contributed by atoms with Gasteiger partial charge in [-0.2, -0.15) is 0 Å². The monoisotopic (exact) mass is 319 g/mol. The van der Waals surface area contributed by atoms with Gasteiger partial charge in [0, 0.05) is 30.9 Å². The summed E-state index contributed by atoms with van der Waals surface area (Å²) in [6.07, 6.45) is 2.43. The van der Waals surface area contributed by atoms with Crippen molar-refractivity contribution in [2.75, 3.05) is 43.5 Å². The molecule has 1 aromatic carbocycles. The number of nitrogens with one attached hydrogen (secondary N) is 2. The fourth-order valence-corrected chi connectivity index (χ4v) is 2.36. The summed E-state index contributed by atoms with van der Waals surface area (Å²) in [4.78, 5) is 25.7. The Morgan fingerprint density at radius 3 is 2.17 bits per heavy atom. The van der Waals surface area contributed by atoms with Gasteiger partial charge in [0.1, 0.15) is 0 Å². The zero-order valence-electron chi connectivity index (χ0n) is 13.6. The van der Waals surface area contributed by atoms with Crippen molar-refractivity contribution in [1.29, 1.82) is 0 Å². The van der Waals surface area contributed by atoms with Gasteiger partial charge in [0.15, 0.2) is 0 Å². The first-order valence-corrected chi connectivity index (χ1v) is 8.17. The average molecular weight is 319 g/mol.